The highest BCUT2D eigenvalue weighted by Crippen LogP contribution is 2.27. The summed E-state index contributed by atoms with van der Waals surface area (Å²) in [6.07, 6.45) is 0.262. The van der Waals surface area contributed by atoms with Crippen LogP contribution in [0.4, 0.5) is 8.78 Å². The van der Waals surface area contributed by atoms with Gasteiger partial charge in [0.25, 0.3) is 18.2 Å². The second-order valence-electron chi connectivity index (χ2n) is 6.35. The van der Waals surface area contributed by atoms with Gasteiger partial charge in [-0.15, -0.1) is 0 Å². The minimum Gasteiger partial charge on any atom is -0.486 e. The number of carbonyl (C=O) groups is 2. The van der Waals surface area contributed by atoms with Crippen LogP contribution in [0.2, 0.25) is 0 Å². The molecule has 2 amide bonds. The summed E-state index contributed by atoms with van der Waals surface area (Å²) < 4.78 is 29.6. The van der Waals surface area contributed by atoms with Crippen LogP contribution < -0.4 is 10.1 Å². The van der Waals surface area contributed by atoms with Gasteiger partial charge in [0.1, 0.15) is 18.1 Å². The molecule has 0 fully saturated rings. The number of nitrogens with zero attached hydrogens (tertiary/aromatic N) is 3. The fourth-order valence-electron chi connectivity index (χ4n) is 3.04. The third kappa shape index (κ3) is 4.08. The number of ether oxygens (including phenoxy) is 1. The van der Waals surface area contributed by atoms with Gasteiger partial charge >= 0.3 is 0 Å². The molecule has 0 radical (unpaired) electrons. The monoisotopic (exact) mass is 390 g/mol. The molecule has 148 valence electrons. The number of alkyl halides is 2. The SMILES string of the molecule is CCNC(=O)c1nccc2c1CN(Cc1cc(C)c(OCC(F)F)cn1)C2=O. The van der Waals surface area contributed by atoms with E-state index in [1.807, 2.05) is 0 Å². The molecule has 0 aromatic carbocycles. The molecular formula is C19H20F2N4O3. The van der Waals surface area contributed by atoms with Gasteiger partial charge in [-0.3, -0.25) is 19.6 Å². The molecule has 0 saturated carbocycles. The Hall–Kier alpha value is -3.10. The fourth-order valence-corrected chi connectivity index (χ4v) is 3.04. The molecule has 2 aromatic heterocycles. The van der Waals surface area contributed by atoms with Crippen molar-refractivity contribution >= 4 is 11.8 Å². The van der Waals surface area contributed by atoms with Crippen molar-refractivity contribution in [3.05, 3.63) is 52.6 Å². The average Bonchev–Trinajstić information content (AvgIpc) is 2.97. The van der Waals surface area contributed by atoms with Crippen LogP contribution >= 0.6 is 0 Å². The molecule has 3 rings (SSSR count). The maximum atomic E-state index is 12.7. The Kier molecular flexibility index (Phi) is 5.81. The number of aromatic nitrogens is 2. The van der Waals surface area contributed by atoms with Gasteiger partial charge in [-0.2, -0.15) is 0 Å². The molecule has 0 unspecified atom stereocenters. The number of hydrogen-bond acceptors (Lipinski definition) is 5. The molecular weight excluding hydrogens is 370 g/mol. The topological polar surface area (TPSA) is 84.4 Å². The third-order valence-electron chi connectivity index (χ3n) is 4.31. The van der Waals surface area contributed by atoms with Crippen molar-refractivity contribution in [3.8, 4) is 5.75 Å². The largest absolute Gasteiger partial charge is 0.486 e. The molecule has 0 saturated heterocycles. The molecule has 0 atom stereocenters. The van der Waals surface area contributed by atoms with Crippen LogP contribution in [0.3, 0.4) is 0 Å². The number of pyridine rings is 2. The summed E-state index contributed by atoms with van der Waals surface area (Å²) >= 11 is 0. The Morgan fingerprint density at radius 2 is 2.18 bits per heavy atom. The van der Waals surface area contributed by atoms with Crippen LogP contribution in [-0.4, -0.2) is 46.3 Å². The number of amides is 2. The van der Waals surface area contributed by atoms with E-state index in [4.69, 9.17) is 4.74 Å². The maximum absolute atomic E-state index is 12.7. The lowest BCUT2D eigenvalue weighted by molar-refractivity contribution is 0.0761. The van der Waals surface area contributed by atoms with E-state index in [1.54, 1.807) is 30.9 Å². The summed E-state index contributed by atoms with van der Waals surface area (Å²) in [4.78, 5) is 34.8. The molecule has 0 bridgehead atoms. The zero-order valence-corrected chi connectivity index (χ0v) is 15.5. The average molecular weight is 390 g/mol. The van der Waals surface area contributed by atoms with Crippen LogP contribution in [0.1, 0.15) is 44.6 Å². The highest BCUT2D eigenvalue weighted by atomic mass is 19.3. The standard InChI is InChI=1S/C19H20F2N4O3/c1-3-22-18(26)17-14-9-25(19(27)13(14)4-5-23-17)8-12-6-11(2)15(7-24-12)28-10-16(20)21/h4-7,16H,3,8-10H2,1-2H3,(H,22,26). The molecule has 3 heterocycles. The number of fused-ring (bicyclic) bond motifs is 1. The number of hydrogen-bond donors (Lipinski definition) is 1. The quantitative estimate of drug-likeness (QED) is 0.785. The van der Waals surface area contributed by atoms with Crippen LogP contribution in [0.5, 0.6) is 5.75 Å². The zero-order valence-electron chi connectivity index (χ0n) is 15.5. The first-order chi connectivity index (χ1) is 13.4. The van der Waals surface area contributed by atoms with Crippen molar-refractivity contribution in [3.63, 3.8) is 0 Å². The van der Waals surface area contributed by atoms with E-state index in [0.717, 1.165) is 0 Å². The van der Waals surface area contributed by atoms with Crippen molar-refractivity contribution in [2.75, 3.05) is 13.2 Å². The first-order valence-electron chi connectivity index (χ1n) is 8.82. The van der Waals surface area contributed by atoms with Gasteiger partial charge in [-0.05, 0) is 31.5 Å². The van der Waals surface area contributed by atoms with E-state index in [-0.39, 0.29) is 36.3 Å². The summed E-state index contributed by atoms with van der Waals surface area (Å²) in [6, 6.07) is 3.29. The zero-order chi connectivity index (χ0) is 20.3. The molecule has 1 N–H and O–H groups in total. The molecule has 7 nitrogen and oxygen atoms in total. The van der Waals surface area contributed by atoms with E-state index >= 15 is 0 Å². The molecule has 1 aliphatic rings. The summed E-state index contributed by atoms with van der Waals surface area (Å²) in [6.45, 7) is 3.77. The fraction of sp³-hybridized carbons (Fsp3) is 0.368. The van der Waals surface area contributed by atoms with Gasteiger partial charge in [-0.1, -0.05) is 0 Å². The van der Waals surface area contributed by atoms with Crippen LogP contribution in [0, 0.1) is 6.92 Å². The number of carbonyl (C=O) groups excluding carboxylic acids is 2. The van der Waals surface area contributed by atoms with Gasteiger partial charge in [0.15, 0.2) is 0 Å². The molecule has 1 aliphatic heterocycles. The smallest absolute Gasteiger partial charge is 0.272 e. The van der Waals surface area contributed by atoms with E-state index in [0.29, 0.717) is 28.9 Å². The van der Waals surface area contributed by atoms with Crippen molar-refractivity contribution in [2.45, 2.75) is 33.4 Å². The Bertz CT molecular complexity index is 905. The van der Waals surface area contributed by atoms with Crippen LogP contribution in [0.15, 0.2) is 24.5 Å². The van der Waals surface area contributed by atoms with Crippen molar-refractivity contribution in [1.82, 2.24) is 20.2 Å². The Labute approximate surface area is 160 Å². The normalized spacial score (nSPS) is 13.0. The summed E-state index contributed by atoms with van der Waals surface area (Å²) in [7, 11) is 0. The van der Waals surface area contributed by atoms with Crippen molar-refractivity contribution in [1.29, 1.82) is 0 Å². The van der Waals surface area contributed by atoms with Crippen LogP contribution in [0.25, 0.3) is 0 Å². The Morgan fingerprint density at radius 1 is 1.39 bits per heavy atom. The predicted octanol–water partition coefficient (Wildman–Crippen LogP) is 2.33. The van der Waals surface area contributed by atoms with Crippen LogP contribution in [-0.2, 0) is 13.1 Å². The lowest BCUT2D eigenvalue weighted by atomic mass is 10.1. The second-order valence-corrected chi connectivity index (χ2v) is 6.35. The van der Waals surface area contributed by atoms with Crippen molar-refractivity contribution < 1.29 is 23.1 Å². The highest BCUT2D eigenvalue weighted by Gasteiger charge is 2.32. The van der Waals surface area contributed by atoms with E-state index in [2.05, 4.69) is 15.3 Å². The highest BCUT2D eigenvalue weighted by molar-refractivity contribution is 6.03. The minimum atomic E-state index is -2.56. The third-order valence-corrected chi connectivity index (χ3v) is 4.31. The lowest BCUT2D eigenvalue weighted by Crippen LogP contribution is -2.26. The molecule has 2 aromatic rings. The first-order valence-corrected chi connectivity index (χ1v) is 8.82. The number of nitrogens with one attached hydrogen (secondary N) is 1. The number of rotatable bonds is 7. The van der Waals surface area contributed by atoms with Gasteiger partial charge in [0.05, 0.1) is 18.4 Å². The number of aryl methyl sites for hydroxylation is 1. The van der Waals surface area contributed by atoms with E-state index < -0.39 is 13.0 Å². The summed E-state index contributed by atoms with van der Waals surface area (Å²) in [5.74, 6) is -0.244. The van der Waals surface area contributed by atoms with Gasteiger partial charge < -0.3 is 15.0 Å². The maximum Gasteiger partial charge on any atom is 0.272 e. The molecule has 9 heteroatoms. The second kappa shape index (κ2) is 8.28. The first kappa shape index (κ1) is 19.7. The van der Waals surface area contributed by atoms with Gasteiger partial charge in [0, 0.05) is 30.4 Å². The minimum absolute atomic E-state index is 0.208. The Balaban J connectivity index is 1.75. The molecule has 28 heavy (non-hydrogen) atoms. The van der Waals surface area contributed by atoms with E-state index in [9.17, 15) is 18.4 Å². The lowest BCUT2D eigenvalue weighted by Gasteiger charge is -2.16. The predicted molar refractivity (Wildman–Crippen MR) is 96.3 cm³/mol. The van der Waals surface area contributed by atoms with Crippen molar-refractivity contribution in [2.24, 2.45) is 0 Å². The Morgan fingerprint density at radius 3 is 2.86 bits per heavy atom. The molecule has 0 aliphatic carbocycles. The number of halogens is 2. The van der Waals surface area contributed by atoms with Gasteiger partial charge in [0.2, 0.25) is 0 Å². The van der Waals surface area contributed by atoms with E-state index in [1.165, 1.54) is 12.4 Å². The summed E-state index contributed by atoms with van der Waals surface area (Å²) in [5.41, 5.74) is 2.53. The molecule has 0 spiro atoms. The van der Waals surface area contributed by atoms with Gasteiger partial charge in [-0.25, -0.2) is 8.78 Å². The summed E-state index contributed by atoms with van der Waals surface area (Å²) in [5, 5.41) is 2.69.